The average Bonchev–Trinajstić information content (AvgIpc) is 3.13. The van der Waals surface area contributed by atoms with Crippen LogP contribution in [0, 0.1) is 5.92 Å². The largest absolute Gasteiger partial charge is 0.481 e. The Balaban J connectivity index is 1.36. The van der Waals surface area contributed by atoms with Crippen LogP contribution in [0.1, 0.15) is 38.2 Å². The lowest BCUT2D eigenvalue weighted by Gasteiger charge is -2.41. The number of nitrogens with zero attached hydrogens (tertiary/aromatic N) is 3. The van der Waals surface area contributed by atoms with Gasteiger partial charge in [-0.05, 0) is 69.9 Å². The highest BCUT2D eigenvalue weighted by Gasteiger charge is 2.31. The van der Waals surface area contributed by atoms with Crippen LogP contribution in [0.25, 0.3) is 10.9 Å². The highest BCUT2D eigenvalue weighted by atomic mass is 16.4. The number of carbonyl (C=O) groups is 1. The predicted octanol–water partition coefficient (Wildman–Crippen LogP) is 3.42. The Hall–Kier alpha value is -1.85. The van der Waals surface area contributed by atoms with E-state index in [1.807, 2.05) is 0 Å². The zero-order chi connectivity index (χ0) is 18.8. The number of aromatic nitrogens is 1. The maximum Gasteiger partial charge on any atom is 0.307 e. The molecular weight excluding hydrogens is 338 g/mol. The molecule has 27 heavy (non-hydrogen) atoms. The average molecular weight is 370 g/mol. The van der Waals surface area contributed by atoms with Crippen molar-refractivity contribution < 1.29 is 9.90 Å². The van der Waals surface area contributed by atoms with Gasteiger partial charge in [0, 0.05) is 42.8 Å². The molecule has 1 N–H and O–H groups in total. The molecule has 0 radical (unpaired) electrons. The van der Waals surface area contributed by atoms with Crippen molar-refractivity contribution in [2.24, 2.45) is 5.92 Å². The number of hydrogen-bond donors (Lipinski definition) is 1. The number of rotatable bonds is 5. The van der Waals surface area contributed by atoms with E-state index < -0.39 is 5.97 Å². The number of carboxylic acid groups (broad SMARTS) is 1. The van der Waals surface area contributed by atoms with Gasteiger partial charge >= 0.3 is 5.97 Å². The van der Waals surface area contributed by atoms with Crippen molar-refractivity contribution >= 4 is 16.9 Å². The third-order valence-electron chi connectivity index (χ3n) is 6.51. The normalized spacial score (nSPS) is 23.1. The van der Waals surface area contributed by atoms with E-state index in [0.717, 1.165) is 65.0 Å². The van der Waals surface area contributed by atoms with Crippen LogP contribution in [0.4, 0.5) is 0 Å². The summed E-state index contributed by atoms with van der Waals surface area (Å²) in [6.45, 7) is 8.21. The SMILES string of the molecule is CCn1ccc2c(CN3CCC(N4CCCC(C(=O)O)C4)CC3)cccc21. The van der Waals surface area contributed by atoms with E-state index >= 15 is 0 Å². The lowest BCUT2D eigenvalue weighted by molar-refractivity contribution is -0.144. The second-order valence-corrected chi connectivity index (χ2v) is 8.13. The molecule has 0 aliphatic carbocycles. The third-order valence-corrected chi connectivity index (χ3v) is 6.51. The summed E-state index contributed by atoms with van der Waals surface area (Å²) in [5, 5.41) is 10.7. The number of carboxylic acids is 1. The summed E-state index contributed by atoms with van der Waals surface area (Å²) >= 11 is 0. The number of piperidine rings is 2. The Morgan fingerprint density at radius 2 is 1.96 bits per heavy atom. The van der Waals surface area contributed by atoms with Gasteiger partial charge in [0.05, 0.1) is 5.92 Å². The first-order chi connectivity index (χ1) is 13.2. The first-order valence-corrected chi connectivity index (χ1v) is 10.4. The van der Waals surface area contributed by atoms with Gasteiger partial charge in [0.2, 0.25) is 0 Å². The van der Waals surface area contributed by atoms with E-state index in [1.165, 1.54) is 16.5 Å². The van der Waals surface area contributed by atoms with Crippen molar-refractivity contribution in [2.45, 2.75) is 51.7 Å². The van der Waals surface area contributed by atoms with E-state index in [9.17, 15) is 9.90 Å². The molecule has 2 fully saturated rings. The van der Waals surface area contributed by atoms with Gasteiger partial charge in [0.15, 0.2) is 0 Å². The molecule has 0 spiro atoms. The van der Waals surface area contributed by atoms with Crippen molar-refractivity contribution in [3.05, 3.63) is 36.0 Å². The lowest BCUT2D eigenvalue weighted by atomic mass is 9.94. The molecule has 1 aromatic carbocycles. The van der Waals surface area contributed by atoms with Crippen LogP contribution in [0.2, 0.25) is 0 Å². The van der Waals surface area contributed by atoms with Crippen LogP contribution >= 0.6 is 0 Å². The molecule has 1 unspecified atom stereocenters. The molecule has 2 aliphatic heterocycles. The predicted molar refractivity (Wildman–Crippen MR) is 108 cm³/mol. The molecule has 0 saturated carbocycles. The van der Waals surface area contributed by atoms with Crippen LogP contribution < -0.4 is 0 Å². The zero-order valence-electron chi connectivity index (χ0n) is 16.3. The Bertz CT molecular complexity index is 792. The van der Waals surface area contributed by atoms with Crippen molar-refractivity contribution in [2.75, 3.05) is 26.2 Å². The fourth-order valence-corrected chi connectivity index (χ4v) is 4.92. The Morgan fingerprint density at radius 3 is 2.70 bits per heavy atom. The summed E-state index contributed by atoms with van der Waals surface area (Å²) in [4.78, 5) is 16.3. The molecule has 4 rings (SSSR count). The van der Waals surface area contributed by atoms with Gasteiger partial charge in [-0.3, -0.25) is 14.6 Å². The second-order valence-electron chi connectivity index (χ2n) is 8.13. The molecule has 2 saturated heterocycles. The number of aliphatic carboxylic acids is 1. The summed E-state index contributed by atoms with van der Waals surface area (Å²) < 4.78 is 2.31. The number of likely N-dealkylation sites (tertiary alicyclic amines) is 2. The number of hydrogen-bond acceptors (Lipinski definition) is 3. The maximum absolute atomic E-state index is 11.3. The Morgan fingerprint density at radius 1 is 1.15 bits per heavy atom. The van der Waals surface area contributed by atoms with E-state index in [4.69, 9.17) is 0 Å². The first-order valence-electron chi connectivity index (χ1n) is 10.4. The van der Waals surface area contributed by atoms with Crippen LogP contribution in [0.5, 0.6) is 0 Å². The monoisotopic (exact) mass is 369 g/mol. The molecular formula is C22H31N3O2. The summed E-state index contributed by atoms with van der Waals surface area (Å²) in [5.74, 6) is -0.791. The summed E-state index contributed by atoms with van der Waals surface area (Å²) in [6, 6.07) is 9.46. The smallest absolute Gasteiger partial charge is 0.307 e. The molecule has 1 atom stereocenters. The van der Waals surface area contributed by atoms with Gasteiger partial charge in [-0.2, -0.15) is 0 Å². The van der Waals surface area contributed by atoms with Crippen molar-refractivity contribution in [1.29, 1.82) is 0 Å². The van der Waals surface area contributed by atoms with Gasteiger partial charge in [0.25, 0.3) is 0 Å². The lowest BCUT2D eigenvalue weighted by Crippen LogP contribution is -2.49. The molecule has 0 amide bonds. The molecule has 2 aromatic rings. The molecule has 0 bridgehead atoms. The third kappa shape index (κ3) is 3.90. The van der Waals surface area contributed by atoms with Gasteiger partial charge in [-0.1, -0.05) is 12.1 Å². The van der Waals surface area contributed by atoms with Gasteiger partial charge in [-0.15, -0.1) is 0 Å². The van der Waals surface area contributed by atoms with Crippen LogP contribution in [0.3, 0.4) is 0 Å². The highest BCUT2D eigenvalue weighted by Crippen LogP contribution is 2.26. The topological polar surface area (TPSA) is 48.7 Å². The Labute approximate surface area is 161 Å². The van der Waals surface area contributed by atoms with Crippen LogP contribution in [-0.4, -0.2) is 57.7 Å². The summed E-state index contributed by atoms with van der Waals surface area (Å²) in [5.41, 5.74) is 2.75. The summed E-state index contributed by atoms with van der Waals surface area (Å²) in [7, 11) is 0. The van der Waals surface area contributed by atoms with E-state index in [-0.39, 0.29) is 5.92 Å². The van der Waals surface area contributed by atoms with E-state index in [2.05, 4.69) is 51.8 Å². The quantitative estimate of drug-likeness (QED) is 0.877. The molecule has 146 valence electrons. The minimum Gasteiger partial charge on any atom is -0.481 e. The van der Waals surface area contributed by atoms with Gasteiger partial charge in [-0.25, -0.2) is 0 Å². The number of fused-ring (bicyclic) bond motifs is 1. The minimum atomic E-state index is -0.621. The van der Waals surface area contributed by atoms with Crippen molar-refractivity contribution in [3.63, 3.8) is 0 Å². The number of aryl methyl sites for hydroxylation is 1. The molecule has 1 aromatic heterocycles. The standard InChI is InChI=1S/C22H31N3O2/c1-2-24-14-10-20-17(5-3-7-21(20)24)15-23-12-8-19(9-13-23)25-11-4-6-18(16-25)22(26)27/h3,5,7,10,14,18-19H,2,4,6,8-9,11-13,15-16H2,1H3,(H,26,27). The van der Waals surface area contributed by atoms with Gasteiger partial charge < -0.3 is 9.67 Å². The van der Waals surface area contributed by atoms with E-state index in [0.29, 0.717) is 6.04 Å². The maximum atomic E-state index is 11.3. The van der Waals surface area contributed by atoms with Crippen molar-refractivity contribution in [1.82, 2.24) is 14.4 Å². The van der Waals surface area contributed by atoms with Crippen molar-refractivity contribution in [3.8, 4) is 0 Å². The molecule has 5 heteroatoms. The zero-order valence-corrected chi connectivity index (χ0v) is 16.3. The first kappa shape index (κ1) is 18.5. The van der Waals surface area contributed by atoms with Crippen LogP contribution in [0.15, 0.2) is 30.5 Å². The highest BCUT2D eigenvalue weighted by molar-refractivity contribution is 5.83. The number of benzene rings is 1. The fourth-order valence-electron chi connectivity index (χ4n) is 4.92. The molecule has 3 heterocycles. The van der Waals surface area contributed by atoms with Crippen LogP contribution in [-0.2, 0) is 17.9 Å². The minimum absolute atomic E-state index is 0.169. The molecule has 2 aliphatic rings. The second kappa shape index (κ2) is 8.03. The fraction of sp³-hybridized carbons (Fsp3) is 0.591. The van der Waals surface area contributed by atoms with E-state index in [1.54, 1.807) is 0 Å². The Kier molecular flexibility index (Phi) is 5.50. The summed E-state index contributed by atoms with van der Waals surface area (Å²) in [6.07, 6.45) is 6.35. The van der Waals surface area contributed by atoms with Gasteiger partial charge in [0.1, 0.15) is 0 Å². The molecule has 5 nitrogen and oxygen atoms in total.